The van der Waals surface area contributed by atoms with Gasteiger partial charge in [-0.25, -0.2) is 9.97 Å². The van der Waals surface area contributed by atoms with Crippen molar-refractivity contribution in [3.63, 3.8) is 0 Å². The van der Waals surface area contributed by atoms with Crippen molar-refractivity contribution in [2.24, 2.45) is 0 Å². The number of aromatic nitrogens is 4. The van der Waals surface area contributed by atoms with Crippen molar-refractivity contribution in [1.82, 2.24) is 24.8 Å². The number of hydrogen-bond donors (Lipinski definition) is 2. The summed E-state index contributed by atoms with van der Waals surface area (Å²) in [6.07, 6.45) is 7.25. The number of imidazole rings is 1. The quantitative estimate of drug-likeness (QED) is 0.406. The lowest BCUT2D eigenvalue weighted by molar-refractivity contribution is 0.0973. The highest BCUT2D eigenvalue weighted by Crippen LogP contribution is 2.29. The van der Waals surface area contributed by atoms with E-state index in [0.717, 1.165) is 52.0 Å². The van der Waals surface area contributed by atoms with Crippen molar-refractivity contribution in [2.45, 2.75) is 46.5 Å². The fraction of sp³-hybridized carbons (Fsp3) is 0.400. The standard InChI is InChI=1S/C24H27N5O.CH4/c1-16-26-23-19(9-10-25-24(23)27-16)21-14-17-7-8-18(15-20(17)28-21)22(30)6-5-13-29-11-3-2-4-12-29;/h7-10,14-15,28H,2-6,11-13H2,1H3,(H,25,26,27);1H4. The Morgan fingerprint density at radius 3 is 2.77 bits per heavy atom. The third-order valence-corrected chi connectivity index (χ3v) is 6.07. The molecule has 0 spiro atoms. The number of hydrogen-bond acceptors (Lipinski definition) is 4. The third-order valence-electron chi connectivity index (χ3n) is 6.07. The van der Waals surface area contributed by atoms with Crippen LogP contribution in [0.3, 0.4) is 0 Å². The molecule has 0 atom stereocenters. The highest BCUT2D eigenvalue weighted by atomic mass is 16.1. The summed E-state index contributed by atoms with van der Waals surface area (Å²) >= 11 is 0. The van der Waals surface area contributed by atoms with Crippen molar-refractivity contribution in [3.05, 3.63) is 47.9 Å². The number of pyridine rings is 1. The van der Waals surface area contributed by atoms with E-state index in [9.17, 15) is 4.79 Å². The molecule has 6 heteroatoms. The lowest BCUT2D eigenvalue weighted by Gasteiger charge is -2.26. The topological polar surface area (TPSA) is 77.7 Å². The lowest BCUT2D eigenvalue weighted by Crippen LogP contribution is -2.30. The summed E-state index contributed by atoms with van der Waals surface area (Å²) in [5, 5.41) is 1.09. The van der Waals surface area contributed by atoms with E-state index >= 15 is 0 Å². The molecule has 6 nitrogen and oxygen atoms in total. The number of H-pyrrole nitrogens is 2. The molecule has 2 N–H and O–H groups in total. The molecule has 0 radical (unpaired) electrons. The van der Waals surface area contributed by atoms with Crippen molar-refractivity contribution in [3.8, 4) is 11.3 Å². The Bertz CT molecular complexity index is 1200. The number of fused-ring (bicyclic) bond motifs is 2. The van der Waals surface area contributed by atoms with Crippen molar-refractivity contribution < 1.29 is 4.79 Å². The van der Waals surface area contributed by atoms with Gasteiger partial charge in [0.25, 0.3) is 0 Å². The molecule has 0 bridgehead atoms. The molecule has 0 saturated carbocycles. The molecule has 162 valence electrons. The average molecular weight is 418 g/mol. The van der Waals surface area contributed by atoms with Crippen LogP contribution in [0.25, 0.3) is 33.3 Å². The fourth-order valence-corrected chi connectivity index (χ4v) is 4.49. The van der Waals surface area contributed by atoms with E-state index in [-0.39, 0.29) is 13.2 Å². The first-order valence-corrected chi connectivity index (χ1v) is 10.9. The van der Waals surface area contributed by atoms with Crippen LogP contribution in [0.2, 0.25) is 0 Å². The van der Waals surface area contributed by atoms with Crippen LogP contribution >= 0.6 is 0 Å². The molecule has 1 aliphatic heterocycles. The van der Waals surface area contributed by atoms with Gasteiger partial charge in [0.1, 0.15) is 5.82 Å². The predicted octanol–water partition coefficient (Wildman–Crippen LogP) is 5.50. The van der Waals surface area contributed by atoms with Gasteiger partial charge in [0, 0.05) is 40.3 Å². The summed E-state index contributed by atoms with van der Waals surface area (Å²) in [6, 6.07) is 10.1. The third kappa shape index (κ3) is 4.39. The van der Waals surface area contributed by atoms with Gasteiger partial charge in [-0.1, -0.05) is 26.0 Å². The Morgan fingerprint density at radius 1 is 1.10 bits per heavy atom. The molecule has 1 aromatic carbocycles. The van der Waals surface area contributed by atoms with Crippen LogP contribution in [0.5, 0.6) is 0 Å². The van der Waals surface area contributed by atoms with Gasteiger partial charge < -0.3 is 14.9 Å². The van der Waals surface area contributed by atoms with Gasteiger partial charge in [-0.05, 0) is 64.0 Å². The molecule has 31 heavy (non-hydrogen) atoms. The molecule has 1 fully saturated rings. The van der Waals surface area contributed by atoms with E-state index in [1.54, 1.807) is 6.20 Å². The smallest absolute Gasteiger partial charge is 0.178 e. The van der Waals surface area contributed by atoms with Crippen LogP contribution < -0.4 is 0 Å². The lowest BCUT2D eigenvalue weighted by atomic mass is 10.0. The monoisotopic (exact) mass is 417 g/mol. The molecule has 1 saturated heterocycles. The fourth-order valence-electron chi connectivity index (χ4n) is 4.49. The number of aromatic amines is 2. The normalized spacial score (nSPS) is 14.7. The van der Waals surface area contributed by atoms with E-state index < -0.39 is 0 Å². The maximum atomic E-state index is 12.7. The maximum absolute atomic E-state index is 12.7. The number of likely N-dealkylation sites (tertiary alicyclic amines) is 1. The Labute approximate surface area is 183 Å². The Morgan fingerprint density at radius 2 is 1.94 bits per heavy atom. The SMILES string of the molecule is C.Cc1nc2nccc(-c3cc4ccc(C(=O)CCCN5CCCCC5)cc4[nH]3)c2[nH]1. The van der Waals surface area contributed by atoms with Gasteiger partial charge in [-0.15, -0.1) is 0 Å². The van der Waals surface area contributed by atoms with E-state index in [1.165, 1.54) is 32.4 Å². The summed E-state index contributed by atoms with van der Waals surface area (Å²) in [7, 11) is 0. The molecular weight excluding hydrogens is 386 g/mol. The summed E-state index contributed by atoms with van der Waals surface area (Å²) in [6.45, 7) is 5.33. The summed E-state index contributed by atoms with van der Waals surface area (Å²) in [5.74, 6) is 1.07. The molecule has 3 aromatic heterocycles. The average Bonchev–Trinajstić information content (AvgIpc) is 3.36. The Hall–Kier alpha value is -2.99. The maximum Gasteiger partial charge on any atom is 0.178 e. The summed E-state index contributed by atoms with van der Waals surface area (Å²) in [4.78, 5) is 30.8. The van der Waals surface area contributed by atoms with Crippen LogP contribution in [0.1, 0.15) is 55.7 Å². The van der Waals surface area contributed by atoms with Crippen LogP contribution in [-0.4, -0.2) is 50.3 Å². The van der Waals surface area contributed by atoms with Crippen LogP contribution in [0.4, 0.5) is 0 Å². The van der Waals surface area contributed by atoms with Gasteiger partial charge in [-0.3, -0.25) is 4.79 Å². The van der Waals surface area contributed by atoms with Crippen LogP contribution in [0.15, 0.2) is 36.5 Å². The molecule has 0 aliphatic carbocycles. The van der Waals surface area contributed by atoms with Gasteiger partial charge in [0.15, 0.2) is 11.4 Å². The first-order valence-electron chi connectivity index (χ1n) is 10.9. The number of piperidine rings is 1. The van der Waals surface area contributed by atoms with Crippen LogP contribution in [-0.2, 0) is 0 Å². The van der Waals surface area contributed by atoms with Gasteiger partial charge >= 0.3 is 0 Å². The zero-order valence-corrected chi connectivity index (χ0v) is 17.4. The molecule has 1 aliphatic rings. The number of rotatable bonds is 6. The van der Waals surface area contributed by atoms with E-state index in [1.807, 2.05) is 31.2 Å². The van der Waals surface area contributed by atoms with E-state index in [0.29, 0.717) is 12.1 Å². The molecule has 0 amide bonds. The number of carbonyl (C=O) groups is 1. The minimum Gasteiger partial charge on any atom is -0.354 e. The number of nitrogens with zero attached hydrogens (tertiary/aromatic N) is 3. The van der Waals surface area contributed by atoms with Gasteiger partial charge in [0.05, 0.1) is 5.52 Å². The number of benzene rings is 1. The largest absolute Gasteiger partial charge is 0.354 e. The number of Topliss-reactive ketones (excluding diaryl/α,β-unsaturated/α-hetero) is 1. The second kappa shape index (κ2) is 9.02. The number of carbonyl (C=O) groups excluding carboxylic acids is 1. The minimum absolute atomic E-state index is 0. The zero-order chi connectivity index (χ0) is 20.5. The first-order chi connectivity index (χ1) is 14.7. The van der Waals surface area contributed by atoms with Crippen molar-refractivity contribution in [2.75, 3.05) is 19.6 Å². The predicted molar refractivity (Wildman–Crippen MR) is 127 cm³/mol. The number of nitrogens with one attached hydrogen (secondary N) is 2. The Balaban J connectivity index is 0.00000231. The molecular formula is C25H31N5O. The second-order valence-electron chi connectivity index (χ2n) is 8.29. The number of ketones is 1. The van der Waals surface area contributed by atoms with Gasteiger partial charge in [-0.2, -0.15) is 0 Å². The summed E-state index contributed by atoms with van der Waals surface area (Å²) < 4.78 is 0. The Kier molecular flexibility index (Phi) is 6.18. The highest BCUT2D eigenvalue weighted by molar-refractivity contribution is 6.01. The molecule has 5 rings (SSSR count). The van der Waals surface area contributed by atoms with Crippen LogP contribution in [0, 0.1) is 6.92 Å². The van der Waals surface area contributed by atoms with E-state index in [2.05, 4.69) is 30.9 Å². The zero-order valence-electron chi connectivity index (χ0n) is 17.4. The van der Waals surface area contributed by atoms with Gasteiger partial charge in [0.2, 0.25) is 0 Å². The second-order valence-corrected chi connectivity index (χ2v) is 8.29. The van der Waals surface area contributed by atoms with E-state index in [4.69, 9.17) is 0 Å². The molecule has 0 unspecified atom stereocenters. The minimum atomic E-state index is 0. The first kappa shape index (κ1) is 21.2. The van der Waals surface area contributed by atoms with Crippen molar-refractivity contribution in [1.29, 1.82) is 0 Å². The number of aryl methyl sites for hydroxylation is 1. The highest BCUT2D eigenvalue weighted by Gasteiger charge is 2.14. The molecule has 4 heterocycles. The molecule has 4 aromatic rings. The van der Waals surface area contributed by atoms with Crippen molar-refractivity contribution >= 4 is 27.9 Å². The summed E-state index contributed by atoms with van der Waals surface area (Å²) in [5.41, 5.74) is 5.44.